The van der Waals surface area contributed by atoms with E-state index in [1.165, 1.54) is 18.2 Å². The lowest BCUT2D eigenvalue weighted by molar-refractivity contribution is -0.129. The number of nitrogens with zero attached hydrogens (tertiary/aromatic N) is 1. The Bertz CT molecular complexity index is 817. The maximum atomic E-state index is 13.7. The van der Waals surface area contributed by atoms with Gasteiger partial charge in [0.15, 0.2) is 0 Å². The van der Waals surface area contributed by atoms with Crippen molar-refractivity contribution in [1.82, 2.24) is 5.32 Å². The molecular weight excluding hydrogens is 335 g/mol. The van der Waals surface area contributed by atoms with E-state index in [1.807, 2.05) is 32.0 Å². The summed E-state index contributed by atoms with van der Waals surface area (Å²) in [5.74, 6) is -1.19. The number of carbonyl (C=O) groups is 2. The molecule has 0 radical (unpaired) electrons. The van der Waals surface area contributed by atoms with E-state index < -0.39 is 11.7 Å². The van der Waals surface area contributed by atoms with Gasteiger partial charge in [0.1, 0.15) is 12.4 Å². The zero-order chi connectivity index (χ0) is 18.7. The van der Waals surface area contributed by atoms with E-state index in [-0.39, 0.29) is 30.7 Å². The Labute approximate surface area is 151 Å². The highest BCUT2D eigenvalue weighted by atomic mass is 19.1. The summed E-state index contributed by atoms with van der Waals surface area (Å²) in [7, 11) is 0. The van der Waals surface area contributed by atoms with Crippen molar-refractivity contribution >= 4 is 17.5 Å². The normalized spacial score (nSPS) is 17.3. The number of aryl methyl sites for hydroxylation is 2. The number of carbonyl (C=O) groups excluding carboxylic acids is 2. The molecule has 1 saturated heterocycles. The lowest BCUT2D eigenvalue weighted by Crippen LogP contribution is -2.50. The Hall–Kier alpha value is -2.73. The van der Waals surface area contributed by atoms with E-state index in [9.17, 15) is 14.0 Å². The van der Waals surface area contributed by atoms with Crippen LogP contribution in [0.15, 0.2) is 42.5 Å². The van der Waals surface area contributed by atoms with Gasteiger partial charge in [0, 0.05) is 12.2 Å². The van der Waals surface area contributed by atoms with Crippen molar-refractivity contribution in [2.75, 3.05) is 24.6 Å². The minimum Gasteiger partial charge on any atom is -0.365 e. The summed E-state index contributed by atoms with van der Waals surface area (Å²) in [6, 6.07) is 11.8. The molecule has 1 atom stereocenters. The highest BCUT2D eigenvalue weighted by molar-refractivity contribution is 5.96. The van der Waals surface area contributed by atoms with E-state index >= 15 is 0 Å². The number of amides is 2. The molecule has 5 nitrogen and oxygen atoms in total. The number of anilines is 1. The number of benzene rings is 2. The van der Waals surface area contributed by atoms with Crippen LogP contribution in [0.25, 0.3) is 0 Å². The molecule has 26 heavy (non-hydrogen) atoms. The van der Waals surface area contributed by atoms with Gasteiger partial charge in [0.2, 0.25) is 0 Å². The molecular formula is C20H21FN2O3. The van der Waals surface area contributed by atoms with Gasteiger partial charge < -0.3 is 15.0 Å². The number of hydrogen-bond acceptors (Lipinski definition) is 3. The van der Waals surface area contributed by atoms with E-state index in [1.54, 1.807) is 11.0 Å². The minimum atomic E-state index is -0.568. The molecule has 0 aliphatic carbocycles. The Balaban J connectivity index is 1.66. The number of rotatable bonds is 4. The van der Waals surface area contributed by atoms with Crippen LogP contribution in [-0.2, 0) is 9.53 Å². The van der Waals surface area contributed by atoms with Gasteiger partial charge in [0.05, 0.1) is 18.2 Å². The van der Waals surface area contributed by atoms with Gasteiger partial charge in [0.25, 0.3) is 11.8 Å². The third kappa shape index (κ3) is 4.08. The van der Waals surface area contributed by atoms with Crippen LogP contribution in [0, 0.1) is 19.7 Å². The van der Waals surface area contributed by atoms with Crippen LogP contribution in [0.2, 0.25) is 0 Å². The van der Waals surface area contributed by atoms with Crippen molar-refractivity contribution in [3.05, 3.63) is 65.0 Å². The Morgan fingerprint density at radius 2 is 1.92 bits per heavy atom. The van der Waals surface area contributed by atoms with E-state index in [0.717, 1.165) is 16.8 Å². The lowest BCUT2D eigenvalue weighted by Gasteiger charge is -2.33. The molecule has 1 unspecified atom stereocenters. The fourth-order valence-electron chi connectivity index (χ4n) is 3.05. The van der Waals surface area contributed by atoms with Gasteiger partial charge >= 0.3 is 0 Å². The Kier molecular flexibility index (Phi) is 5.32. The van der Waals surface area contributed by atoms with Crippen LogP contribution in [0.4, 0.5) is 10.1 Å². The monoisotopic (exact) mass is 356 g/mol. The molecule has 2 aromatic carbocycles. The fourth-order valence-corrected chi connectivity index (χ4v) is 3.05. The Morgan fingerprint density at radius 3 is 2.62 bits per heavy atom. The zero-order valence-electron chi connectivity index (χ0n) is 14.8. The van der Waals surface area contributed by atoms with Gasteiger partial charge in [-0.25, -0.2) is 4.39 Å². The van der Waals surface area contributed by atoms with Crippen molar-refractivity contribution in [1.29, 1.82) is 0 Å². The molecule has 136 valence electrons. The molecule has 0 aromatic heterocycles. The van der Waals surface area contributed by atoms with Crippen molar-refractivity contribution in [2.24, 2.45) is 0 Å². The number of halogens is 1. The molecule has 2 amide bonds. The molecule has 0 saturated carbocycles. The van der Waals surface area contributed by atoms with Crippen molar-refractivity contribution in [3.8, 4) is 0 Å². The highest BCUT2D eigenvalue weighted by Crippen LogP contribution is 2.22. The predicted octanol–water partition coefficient (Wildman–Crippen LogP) is 2.60. The van der Waals surface area contributed by atoms with Crippen LogP contribution in [-0.4, -0.2) is 37.6 Å². The summed E-state index contributed by atoms with van der Waals surface area (Å²) in [6.45, 7) is 4.44. The molecule has 6 heteroatoms. The lowest BCUT2D eigenvalue weighted by atomic mass is 10.1. The quantitative estimate of drug-likeness (QED) is 0.916. The van der Waals surface area contributed by atoms with Crippen LogP contribution >= 0.6 is 0 Å². The number of hydrogen-bond donors (Lipinski definition) is 1. The van der Waals surface area contributed by atoms with Crippen molar-refractivity contribution in [3.63, 3.8) is 0 Å². The summed E-state index contributed by atoms with van der Waals surface area (Å²) in [4.78, 5) is 26.0. The van der Waals surface area contributed by atoms with Gasteiger partial charge in [-0.05, 0) is 49.2 Å². The highest BCUT2D eigenvalue weighted by Gasteiger charge is 2.28. The van der Waals surface area contributed by atoms with E-state index in [4.69, 9.17) is 4.74 Å². The first-order valence-corrected chi connectivity index (χ1v) is 8.47. The number of morpholine rings is 1. The molecule has 0 spiro atoms. The first kappa shape index (κ1) is 18.1. The van der Waals surface area contributed by atoms with E-state index in [2.05, 4.69) is 5.32 Å². The zero-order valence-corrected chi connectivity index (χ0v) is 14.8. The third-order valence-corrected chi connectivity index (χ3v) is 4.26. The molecule has 1 heterocycles. The van der Waals surface area contributed by atoms with Crippen LogP contribution in [0.1, 0.15) is 21.5 Å². The molecule has 3 rings (SSSR count). The number of ether oxygens (including phenoxy) is 1. The minimum absolute atomic E-state index is 0.00875. The molecule has 1 N–H and O–H groups in total. The second-order valence-corrected chi connectivity index (χ2v) is 6.47. The van der Waals surface area contributed by atoms with Gasteiger partial charge in [-0.2, -0.15) is 0 Å². The van der Waals surface area contributed by atoms with Crippen LogP contribution in [0.5, 0.6) is 0 Å². The first-order chi connectivity index (χ1) is 12.4. The Morgan fingerprint density at radius 1 is 1.23 bits per heavy atom. The third-order valence-electron chi connectivity index (χ3n) is 4.26. The van der Waals surface area contributed by atoms with Crippen LogP contribution in [0.3, 0.4) is 0 Å². The van der Waals surface area contributed by atoms with Crippen molar-refractivity contribution < 1.29 is 18.7 Å². The summed E-state index contributed by atoms with van der Waals surface area (Å²) in [5, 5.41) is 2.68. The SMILES string of the molecule is Cc1cc(C)cc(N2CC(CNC(=O)c3ccccc3F)OCC2=O)c1. The second-order valence-electron chi connectivity index (χ2n) is 6.47. The van der Waals surface area contributed by atoms with Gasteiger partial charge in [-0.15, -0.1) is 0 Å². The smallest absolute Gasteiger partial charge is 0.254 e. The largest absolute Gasteiger partial charge is 0.365 e. The topological polar surface area (TPSA) is 58.6 Å². The average molecular weight is 356 g/mol. The fraction of sp³-hybridized carbons (Fsp3) is 0.300. The average Bonchev–Trinajstić information content (AvgIpc) is 2.60. The maximum absolute atomic E-state index is 13.7. The standard InChI is InChI=1S/C20H21FN2O3/c1-13-7-14(2)9-15(8-13)23-11-16(26-12-19(23)24)10-22-20(25)17-5-3-4-6-18(17)21/h3-9,16H,10-12H2,1-2H3,(H,22,25). The van der Waals surface area contributed by atoms with Crippen molar-refractivity contribution in [2.45, 2.75) is 20.0 Å². The number of nitrogens with one attached hydrogen (secondary N) is 1. The summed E-state index contributed by atoms with van der Waals surface area (Å²) in [5.41, 5.74) is 2.96. The summed E-state index contributed by atoms with van der Waals surface area (Å²) < 4.78 is 19.2. The summed E-state index contributed by atoms with van der Waals surface area (Å²) >= 11 is 0. The maximum Gasteiger partial charge on any atom is 0.254 e. The second kappa shape index (κ2) is 7.66. The van der Waals surface area contributed by atoms with E-state index in [0.29, 0.717) is 6.54 Å². The van der Waals surface area contributed by atoms with Gasteiger partial charge in [-0.1, -0.05) is 18.2 Å². The predicted molar refractivity (Wildman–Crippen MR) is 96.7 cm³/mol. The molecule has 2 aromatic rings. The molecule has 1 aliphatic heterocycles. The summed E-state index contributed by atoms with van der Waals surface area (Å²) in [6.07, 6.45) is -0.357. The van der Waals surface area contributed by atoms with Gasteiger partial charge in [-0.3, -0.25) is 9.59 Å². The molecule has 0 bridgehead atoms. The first-order valence-electron chi connectivity index (χ1n) is 8.47. The molecule has 1 aliphatic rings. The van der Waals surface area contributed by atoms with Crippen LogP contribution < -0.4 is 10.2 Å². The molecule has 1 fully saturated rings.